The van der Waals surface area contributed by atoms with Crippen molar-refractivity contribution in [2.45, 2.75) is 26.4 Å². The summed E-state index contributed by atoms with van der Waals surface area (Å²) in [5.41, 5.74) is 0.674. The zero-order chi connectivity index (χ0) is 12.5. The first-order valence-corrected chi connectivity index (χ1v) is 5.48. The lowest BCUT2D eigenvalue weighted by Crippen LogP contribution is -2.32. The molecule has 0 unspecified atom stereocenters. The molecule has 6 heteroatoms. The summed E-state index contributed by atoms with van der Waals surface area (Å²) < 4.78 is 7.04. The zero-order valence-corrected chi connectivity index (χ0v) is 10.6. The van der Waals surface area contributed by atoms with E-state index in [1.807, 2.05) is 26.8 Å². The molecular formula is C11H17N5O. The Morgan fingerprint density at radius 2 is 2.24 bits per heavy atom. The van der Waals surface area contributed by atoms with Gasteiger partial charge >= 0.3 is 0 Å². The number of hydrogen-bond acceptors (Lipinski definition) is 5. The molecule has 2 aromatic heterocycles. The molecule has 0 bridgehead atoms. The molecule has 0 saturated heterocycles. The fourth-order valence-corrected chi connectivity index (χ4v) is 1.43. The molecule has 0 spiro atoms. The van der Waals surface area contributed by atoms with Gasteiger partial charge in [-0.3, -0.25) is 0 Å². The van der Waals surface area contributed by atoms with Gasteiger partial charge in [0.2, 0.25) is 0 Å². The number of rotatable bonds is 4. The largest absolute Gasteiger partial charge is 0.377 e. The molecule has 0 aliphatic carbocycles. The highest BCUT2D eigenvalue weighted by molar-refractivity contribution is 5.44. The number of anilines is 1. The Hall–Kier alpha value is -1.69. The van der Waals surface area contributed by atoms with Crippen LogP contribution in [0.4, 0.5) is 5.82 Å². The minimum Gasteiger partial charge on any atom is -0.377 e. The van der Waals surface area contributed by atoms with Crippen molar-refractivity contribution in [2.75, 3.05) is 19.0 Å². The number of aromatic nitrogens is 4. The van der Waals surface area contributed by atoms with Gasteiger partial charge in [-0.1, -0.05) is 0 Å². The molecule has 0 radical (unpaired) electrons. The van der Waals surface area contributed by atoms with Gasteiger partial charge in [0.05, 0.1) is 5.60 Å². The Kier molecular flexibility index (Phi) is 2.97. The molecule has 0 aliphatic heterocycles. The Balaban J connectivity index is 2.26. The number of methoxy groups -OCH3 is 1. The number of ether oxygens (including phenoxy) is 1. The third-order valence-electron chi connectivity index (χ3n) is 2.63. The molecule has 0 aromatic carbocycles. The average molecular weight is 235 g/mol. The van der Waals surface area contributed by atoms with Crippen LogP contribution in [0.1, 0.15) is 19.5 Å². The third kappa shape index (κ3) is 2.52. The lowest BCUT2D eigenvalue weighted by molar-refractivity contribution is 0.0343. The summed E-state index contributed by atoms with van der Waals surface area (Å²) in [4.78, 5) is 8.35. The van der Waals surface area contributed by atoms with Crippen LogP contribution in [0, 0.1) is 6.92 Å². The molecule has 6 nitrogen and oxygen atoms in total. The summed E-state index contributed by atoms with van der Waals surface area (Å²) in [7, 11) is 1.70. The van der Waals surface area contributed by atoms with Crippen LogP contribution in [0.25, 0.3) is 5.78 Å². The number of aryl methyl sites for hydroxylation is 1. The Morgan fingerprint density at radius 1 is 1.47 bits per heavy atom. The van der Waals surface area contributed by atoms with E-state index in [0.717, 1.165) is 11.5 Å². The van der Waals surface area contributed by atoms with E-state index < -0.39 is 0 Å². The smallest absolute Gasteiger partial charge is 0.254 e. The van der Waals surface area contributed by atoms with Crippen LogP contribution < -0.4 is 5.32 Å². The van der Waals surface area contributed by atoms with E-state index in [-0.39, 0.29) is 5.60 Å². The molecule has 0 fully saturated rings. The fourth-order valence-electron chi connectivity index (χ4n) is 1.43. The van der Waals surface area contributed by atoms with Gasteiger partial charge in [0.1, 0.15) is 12.1 Å². The van der Waals surface area contributed by atoms with E-state index in [9.17, 15) is 0 Å². The quantitative estimate of drug-likeness (QED) is 0.864. The van der Waals surface area contributed by atoms with E-state index in [4.69, 9.17) is 4.74 Å². The van der Waals surface area contributed by atoms with Gasteiger partial charge in [0.25, 0.3) is 5.78 Å². The summed E-state index contributed by atoms with van der Waals surface area (Å²) in [6.07, 6.45) is 1.49. The minimum absolute atomic E-state index is 0.232. The second-order valence-corrected chi connectivity index (χ2v) is 4.57. The summed E-state index contributed by atoms with van der Waals surface area (Å²) in [5, 5.41) is 7.43. The first-order chi connectivity index (χ1) is 8.02. The van der Waals surface area contributed by atoms with Crippen molar-refractivity contribution in [3.8, 4) is 0 Å². The van der Waals surface area contributed by atoms with Gasteiger partial charge in [0.15, 0.2) is 0 Å². The van der Waals surface area contributed by atoms with Gasteiger partial charge < -0.3 is 10.1 Å². The topological polar surface area (TPSA) is 64.3 Å². The molecule has 92 valence electrons. The molecule has 0 saturated carbocycles. The van der Waals surface area contributed by atoms with E-state index in [1.54, 1.807) is 11.6 Å². The van der Waals surface area contributed by atoms with Crippen molar-refractivity contribution >= 4 is 11.6 Å². The molecule has 2 aromatic rings. The Labute approximate surface area is 100 Å². The van der Waals surface area contributed by atoms with E-state index in [1.165, 1.54) is 6.33 Å². The predicted octanol–water partition coefficient (Wildman–Crippen LogP) is 1.27. The normalized spacial score (nSPS) is 12.0. The molecule has 0 amide bonds. The molecule has 1 N–H and O–H groups in total. The molecule has 17 heavy (non-hydrogen) atoms. The van der Waals surface area contributed by atoms with Crippen LogP contribution in [-0.4, -0.2) is 38.8 Å². The molecule has 0 aliphatic rings. The molecule has 0 atom stereocenters. The van der Waals surface area contributed by atoms with Crippen LogP contribution >= 0.6 is 0 Å². The van der Waals surface area contributed by atoms with Crippen molar-refractivity contribution in [3.05, 3.63) is 18.1 Å². The molecular weight excluding hydrogens is 218 g/mol. The van der Waals surface area contributed by atoms with Gasteiger partial charge in [0, 0.05) is 25.4 Å². The maximum absolute atomic E-state index is 5.36. The molecule has 2 rings (SSSR count). The first kappa shape index (κ1) is 11.8. The molecule has 2 heterocycles. The third-order valence-corrected chi connectivity index (χ3v) is 2.63. The summed E-state index contributed by atoms with van der Waals surface area (Å²) in [6.45, 7) is 6.66. The van der Waals surface area contributed by atoms with Crippen molar-refractivity contribution < 1.29 is 4.74 Å². The van der Waals surface area contributed by atoms with Crippen LogP contribution in [0.2, 0.25) is 0 Å². The number of fused-ring (bicyclic) bond motifs is 1. The monoisotopic (exact) mass is 235 g/mol. The summed E-state index contributed by atoms with van der Waals surface area (Å²) >= 11 is 0. The highest BCUT2D eigenvalue weighted by atomic mass is 16.5. The second-order valence-electron chi connectivity index (χ2n) is 4.57. The number of nitrogens with one attached hydrogen (secondary N) is 1. The van der Waals surface area contributed by atoms with Gasteiger partial charge in [-0.2, -0.15) is 14.6 Å². The maximum atomic E-state index is 5.36. The second kappa shape index (κ2) is 4.29. The average Bonchev–Trinajstić information content (AvgIpc) is 2.73. The van der Waals surface area contributed by atoms with Crippen LogP contribution in [0.3, 0.4) is 0 Å². The van der Waals surface area contributed by atoms with Crippen molar-refractivity contribution in [3.63, 3.8) is 0 Å². The minimum atomic E-state index is -0.232. The van der Waals surface area contributed by atoms with Crippen molar-refractivity contribution in [2.24, 2.45) is 0 Å². The van der Waals surface area contributed by atoms with Crippen molar-refractivity contribution in [1.82, 2.24) is 19.6 Å². The standard InChI is InChI=1S/C11H17N5O/c1-8-5-9(12-6-11(2,3)17-4)16-10(15-8)13-7-14-16/h5,7,12H,6H2,1-4H3. The van der Waals surface area contributed by atoms with Crippen molar-refractivity contribution in [1.29, 1.82) is 0 Å². The van der Waals surface area contributed by atoms with E-state index >= 15 is 0 Å². The summed E-state index contributed by atoms with van der Waals surface area (Å²) in [5.74, 6) is 1.47. The zero-order valence-electron chi connectivity index (χ0n) is 10.6. The Morgan fingerprint density at radius 3 is 2.94 bits per heavy atom. The van der Waals surface area contributed by atoms with Crippen LogP contribution in [0.15, 0.2) is 12.4 Å². The number of hydrogen-bond donors (Lipinski definition) is 1. The van der Waals surface area contributed by atoms with E-state index in [2.05, 4.69) is 20.4 Å². The van der Waals surface area contributed by atoms with Crippen LogP contribution in [-0.2, 0) is 4.74 Å². The maximum Gasteiger partial charge on any atom is 0.254 e. The van der Waals surface area contributed by atoms with E-state index in [0.29, 0.717) is 12.3 Å². The van der Waals surface area contributed by atoms with Gasteiger partial charge in [-0.25, -0.2) is 4.98 Å². The SMILES string of the molecule is COC(C)(C)CNc1cc(C)nc2ncnn12. The highest BCUT2D eigenvalue weighted by Gasteiger charge is 2.16. The van der Waals surface area contributed by atoms with Gasteiger partial charge in [-0.05, 0) is 20.8 Å². The first-order valence-electron chi connectivity index (χ1n) is 5.48. The highest BCUT2D eigenvalue weighted by Crippen LogP contribution is 2.13. The predicted molar refractivity (Wildman–Crippen MR) is 65.1 cm³/mol. The lowest BCUT2D eigenvalue weighted by Gasteiger charge is -2.23. The lowest BCUT2D eigenvalue weighted by atomic mass is 10.1. The Bertz CT molecular complexity index is 520. The van der Waals surface area contributed by atoms with Crippen LogP contribution in [0.5, 0.6) is 0 Å². The fraction of sp³-hybridized carbons (Fsp3) is 0.545. The van der Waals surface area contributed by atoms with Gasteiger partial charge in [-0.15, -0.1) is 0 Å². The summed E-state index contributed by atoms with van der Waals surface area (Å²) in [6, 6.07) is 1.94. The number of nitrogens with zero attached hydrogens (tertiary/aromatic N) is 4.